The highest BCUT2D eigenvalue weighted by atomic mass is 16.5. The third kappa shape index (κ3) is 6.34. The summed E-state index contributed by atoms with van der Waals surface area (Å²) in [6, 6.07) is 13.8. The van der Waals surface area contributed by atoms with Crippen LogP contribution in [0.15, 0.2) is 42.5 Å². The molecule has 1 aromatic heterocycles. The Morgan fingerprint density at radius 3 is 2.58 bits per heavy atom. The molecular formula is C18H24N4O2. The molecule has 1 amide bonds. The maximum absolute atomic E-state index is 11.9. The second-order valence-corrected chi connectivity index (χ2v) is 5.42. The largest absolute Gasteiger partial charge is 0.385 e. The monoisotopic (exact) mass is 328 g/mol. The van der Waals surface area contributed by atoms with Gasteiger partial charge in [-0.15, -0.1) is 10.2 Å². The maximum atomic E-state index is 11.9. The molecule has 0 radical (unpaired) electrons. The average Bonchev–Trinajstić information content (AvgIpc) is 2.63. The summed E-state index contributed by atoms with van der Waals surface area (Å²) in [6.07, 6.45) is 2.80. The van der Waals surface area contributed by atoms with Crippen molar-refractivity contribution in [3.63, 3.8) is 0 Å². The van der Waals surface area contributed by atoms with Crippen molar-refractivity contribution in [2.75, 3.05) is 32.1 Å². The maximum Gasteiger partial charge on any atom is 0.271 e. The molecule has 2 rings (SSSR count). The summed E-state index contributed by atoms with van der Waals surface area (Å²) in [7, 11) is 1.64. The Balaban J connectivity index is 1.68. The molecule has 0 saturated carbocycles. The second kappa shape index (κ2) is 10.3. The molecule has 0 atom stereocenters. The number of hydrogen-bond acceptors (Lipinski definition) is 5. The number of nitrogens with zero attached hydrogens (tertiary/aromatic N) is 2. The van der Waals surface area contributed by atoms with Gasteiger partial charge in [-0.2, -0.15) is 0 Å². The Labute approximate surface area is 142 Å². The SMILES string of the molecule is COCCCNC(=O)c1ccc(NCCCc2ccccc2)nn1. The molecule has 0 saturated heterocycles. The van der Waals surface area contributed by atoms with Gasteiger partial charge in [0.05, 0.1) is 0 Å². The predicted octanol–water partition coefficient (Wildman–Crippen LogP) is 2.29. The number of anilines is 1. The Bertz CT molecular complexity index is 602. The highest BCUT2D eigenvalue weighted by molar-refractivity contribution is 5.92. The number of amides is 1. The number of methoxy groups -OCH3 is 1. The van der Waals surface area contributed by atoms with E-state index in [2.05, 4.69) is 33.0 Å². The smallest absolute Gasteiger partial charge is 0.271 e. The van der Waals surface area contributed by atoms with Crippen LogP contribution in [-0.2, 0) is 11.2 Å². The van der Waals surface area contributed by atoms with Gasteiger partial charge in [-0.25, -0.2) is 0 Å². The highest BCUT2D eigenvalue weighted by Gasteiger charge is 2.07. The number of carbonyl (C=O) groups is 1. The van der Waals surface area contributed by atoms with E-state index in [0.29, 0.717) is 24.7 Å². The number of hydrogen-bond donors (Lipinski definition) is 2. The average molecular weight is 328 g/mol. The molecule has 2 N–H and O–H groups in total. The minimum absolute atomic E-state index is 0.214. The lowest BCUT2D eigenvalue weighted by Crippen LogP contribution is -2.26. The highest BCUT2D eigenvalue weighted by Crippen LogP contribution is 2.05. The molecule has 0 fully saturated rings. The van der Waals surface area contributed by atoms with Crippen LogP contribution in [-0.4, -0.2) is 42.9 Å². The van der Waals surface area contributed by atoms with E-state index in [0.717, 1.165) is 25.8 Å². The van der Waals surface area contributed by atoms with E-state index in [1.807, 2.05) is 18.2 Å². The summed E-state index contributed by atoms with van der Waals surface area (Å²) in [5, 5.41) is 14.0. The summed E-state index contributed by atoms with van der Waals surface area (Å²) >= 11 is 0. The van der Waals surface area contributed by atoms with E-state index < -0.39 is 0 Å². The third-order valence-electron chi connectivity index (χ3n) is 3.50. The molecule has 0 aliphatic heterocycles. The Morgan fingerprint density at radius 2 is 1.88 bits per heavy atom. The molecule has 0 aliphatic rings. The molecule has 0 unspecified atom stereocenters. The molecule has 1 aromatic carbocycles. The first-order valence-electron chi connectivity index (χ1n) is 8.18. The minimum atomic E-state index is -0.214. The summed E-state index contributed by atoms with van der Waals surface area (Å²) in [5.74, 6) is 0.466. The van der Waals surface area contributed by atoms with E-state index in [-0.39, 0.29) is 5.91 Å². The van der Waals surface area contributed by atoms with Gasteiger partial charge in [-0.05, 0) is 37.0 Å². The van der Waals surface area contributed by atoms with E-state index in [1.165, 1.54) is 5.56 Å². The molecule has 6 heteroatoms. The molecule has 1 heterocycles. The van der Waals surface area contributed by atoms with E-state index in [4.69, 9.17) is 4.74 Å². The van der Waals surface area contributed by atoms with Crippen LogP contribution >= 0.6 is 0 Å². The van der Waals surface area contributed by atoms with Crippen LogP contribution in [0.2, 0.25) is 0 Å². The van der Waals surface area contributed by atoms with Crippen molar-refractivity contribution < 1.29 is 9.53 Å². The summed E-state index contributed by atoms with van der Waals surface area (Å²) in [4.78, 5) is 11.9. The van der Waals surface area contributed by atoms with Crippen molar-refractivity contribution in [2.24, 2.45) is 0 Å². The predicted molar refractivity (Wildman–Crippen MR) is 94.1 cm³/mol. The minimum Gasteiger partial charge on any atom is -0.385 e. The number of ether oxygens (including phenoxy) is 1. The zero-order valence-corrected chi connectivity index (χ0v) is 14.0. The molecule has 0 aliphatic carbocycles. The van der Waals surface area contributed by atoms with Gasteiger partial charge >= 0.3 is 0 Å². The zero-order chi connectivity index (χ0) is 17.0. The molecule has 24 heavy (non-hydrogen) atoms. The quantitative estimate of drug-likeness (QED) is 0.655. The fourth-order valence-electron chi connectivity index (χ4n) is 2.21. The topological polar surface area (TPSA) is 76.1 Å². The van der Waals surface area contributed by atoms with Gasteiger partial charge in [0.15, 0.2) is 5.69 Å². The van der Waals surface area contributed by atoms with Gasteiger partial charge in [0, 0.05) is 26.8 Å². The van der Waals surface area contributed by atoms with Gasteiger partial charge in [0.2, 0.25) is 0 Å². The van der Waals surface area contributed by atoms with Crippen LogP contribution in [0.25, 0.3) is 0 Å². The number of carbonyl (C=O) groups excluding carboxylic acids is 1. The Hall–Kier alpha value is -2.47. The van der Waals surface area contributed by atoms with Crippen LogP contribution in [0, 0.1) is 0 Å². The van der Waals surface area contributed by atoms with Gasteiger partial charge in [0.1, 0.15) is 5.82 Å². The van der Waals surface area contributed by atoms with E-state index >= 15 is 0 Å². The van der Waals surface area contributed by atoms with Gasteiger partial charge in [-0.1, -0.05) is 30.3 Å². The molecule has 0 spiro atoms. The van der Waals surface area contributed by atoms with Crippen LogP contribution in [0.5, 0.6) is 0 Å². The lowest BCUT2D eigenvalue weighted by Gasteiger charge is -2.06. The zero-order valence-electron chi connectivity index (χ0n) is 14.0. The van der Waals surface area contributed by atoms with Crippen LogP contribution in [0.4, 0.5) is 5.82 Å². The first kappa shape index (κ1) is 17.9. The van der Waals surface area contributed by atoms with Crippen molar-refractivity contribution in [3.8, 4) is 0 Å². The normalized spacial score (nSPS) is 10.4. The molecule has 128 valence electrons. The van der Waals surface area contributed by atoms with Crippen molar-refractivity contribution in [3.05, 3.63) is 53.7 Å². The number of rotatable bonds is 10. The van der Waals surface area contributed by atoms with E-state index in [1.54, 1.807) is 19.2 Å². The van der Waals surface area contributed by atoms with Gasteiger partial charge in [-0.3, -0.25) is 4.79 Å². The fraction of sp³-hybridized carbons (Fsp3) is 0.389. The van der Waals surface area contributed by atoms with Crippen molar-refractivity contribution >= 4 is 11.7 Å². The summed E-state index contributed by atoms with van der Waals surface area (Å²) < 4.78 is 4.93. The lowest BCUT2D eigenvalue weighted by molar-refractivity contribution is 0.0942. The van der Waals surface area contributed by atoms with Crippen LogP contribution in [0.3, 0.4) is 0 Å². The number of aromatic nitrogens is 2. The standard InChI is InChI=1S/C18H24N4O2/c1-24-14-6-13-20-18(23)16-10-11-17(22-21-16)19-12-5-9-15-7-3-2-4-8-15/h2-4,7-8,10-11H,5-6,9,12-14H2,1H3,(H,19,22)(H,20,23). The number of aryl methyl sites for hydroxylation is 1. The van der Waals surface area contributed by atoms with Crippen molar-refractivity contribution in [1.29, 1.82) is 0 Å². The van der Waals surface area contributed by atoms with Crippen LogP contribution < -0.4 is 10.6 Å². The molecule has 2 aromatic rings. The van der Waals surface area contributed by atoms with Gasteiger partial charge in [0.25, 0.3) is 5.91 Å². The Morgan fingerprint density at radius 1 is 1.04 bits per heavy atom. The first-order chi connectivity index (χ1) is 11.8. The molecular weight excluding hydrogens is 304 g/mol. The van der Waals surface area contributed by atoms with E-state index in [9.17, 15) is 4.79 Å². The number of nitrogens with one attached hydrogen (secondary N) is 2. The Kier molecular flexibility index (Phi) is 7.70. The molecule has 0 bridgehead atoms. The van der Waals surface area contributed by atoms with Gasteiger partial charge < -0.3 is 15.4 Å². The molecule has 6 nitrogen and oxygen atoms in total. The summed E-state index contributed by atoms with van der Waals surface area (Å²) in [6.45, 7) is 2.00. The first-order valence-corrected chi connectivity index (χ1v) is 8.18. The van der Waals surface area contributed by atoms with Crippen LogP contribution in [0.1, 0.15) is 28.9 Å². The second-order valence-electron chi connectivity index (χ2n) is 5.42. The third-order valence-corrected chi connectivity index (χ3v) is 3.50. The number of benzene rings is 1. The van der Waals surface area contributed by atoms with Crippen molar-refractivity contribution in [2.45, 2.75) is 19.3 Å². The fourth-order valence-corrected chi connectivity index (χ4v) is 2.21. The lowest BCUT2D eigenvalue weighted by atomic mass is 10.1. The summed E-state index contributed by atoms with van der Waals surface area (Å²) in [5.41, 5.74) is 1.65. The van der Waals surface area contributed by atoms with Crippen molar-refractivity contribution in [1.82, 2.24) is 15.5 Å².